The molecule has 2 aromatic rings. The number of amides is 2. The van der Waals surface area contributed by atoms with E-state index in [-0.39, 0.29) is 11.8 Å². The number of rotatable bonds is 3. The predicted octanol–water partition coefficient (Wildman–Crippen LogP) is 2.42. The molecule has 2 amide bonds. The van der Waals surface area contributed by atoms with Gasteiger partial charge in [0.1, 0.15) is 0 Å². The number of anilines is 1. The number of nitrogen functional groups attached to an aromatic ring is 1. The Balaban J connectivity index is 1.83. The summed E-state index contributed by atoms with van der Waals surface area (Å²) in [5, 5.41) is 0. The second kappa shape index (κ2) is 5.05. The number of aryl methyl sites for hydroxylation is 1. The monoisotopic (exact) mass is 280 g/mol. The van der Waals surface area contributed by atoms with Crippen LogP contribution < -0.4 is 5.73 Å². The molecule has 0 saturated heterocycles. The number of imide groups is 1. The molecule has 0 unspecified atom stereocenters. The molecule has 0 bridgehead atoms. The number of hydrogen-bond donors (Lipinski definition) is 1. The lowest BCUT2D eigenvalue weighted by molar-refractivity contribution is 0.0656. The van der Waals surface area contributed by atoms with Gasteiger partial charge in [0.15, 0.2) is 0 Å². The molecule has 0 atom stereocenters. The molecule has 0 fully saturated rings. The third kappa shape index (κ3) is 2.18. The van der Waals surface area contributed by atoms with E-state index in [4.69, 9.17) is 5.73 Å². The van der Waals surface area contributed by atoms with Crippen LogP contribution in [0.15, 0.2) is 42.5 Å². The van der Waals surface area contributed by atoms with Gasteiger partial charge in [0.25, 0.3) is 11.8 Å². The quantitative estimate of drug-likeness (QED) is 0.693. The van der Waals surface area contributed by atoms with Crippen LogP contribution in [0, 0.1) is 6.92 Å². The second-order valence-corrected chi connectivity index (χ2v) is 5.21. The van der Waals surface area contributed by atoms with E-state index in [1.54, 1.807) is 18.2 Å². The Labute approximate surface area is 123 Å². The first-order chi connectivity index (χ1) is 10.1. The molecule has 0 saturated carbocycles. The highest BCUT2D eigenvalue weighted by Crippen LogP contribution is 2.27. The van der Waals surface area contributed by atoms with Gasteiger partial charge in [0, 0.05) is 12.2 Å². The molecule has 4 nitrogen and oxygen atoms in total. The molecule has 0 radical (unpaired) electrons. The van der Waals surface area contributed by atoms with Gasteiger partial charge in [-0.25, -0.2) is 0 Å². The van der Waals surface area contributed by atoms with Gasteiger partial charge >= 0.3 is 0 Å². The zero-order chi connectivity index (χ0) is 15.0. The van der Waals surface area contributed by atoms with E-state index in [9.17, 15) is 9.59 Å². The molecule has 0 aromatic heterocycles. The molecule has 0 aliphatic carbocycles. The summed E-state index contributed by atoms with van der Waals surface area (Å²) in [6.45, 7) is 2.40. The highest BCUT2D eigenvalue weighted by atomic mass is 16.2. The Kier molecular flexibility index (Phi) is 3.22. The number of nitrogens with two attached hydrogens (primary N) is 1. The van der Waals surface area contributed by atoms with Crippen molar-refractivity contribution in [3.63, 3.8) is 0 Å². The minimum absolute atomic E-state index is 0.254. The van der Waals surface area contributed by atoms with Crippen molar-refractivity contribution >= 4 is 17.5 Å². The van der Waals surface area contributed by atoms with Gasteiger partial charge in [-0.1, -0.05) is 30.3 Å². The summed E-state index contributed by atoms with van der Waals surface area (Å²) in [6.07, 6.45) is 0.651. The fourth-order valence-corrected chi connectivity index (χ4v) is 2.69. The predicted molar refractivity (Wildman–Crippen MR) is 81.1 cm³/mol. The first-order valence-corrected chi connectivity index (χ1v) is 6.89. The molecule has 21 heavy (non-hydrogen) atoms. The van der Waals surface area contributed by atoms with Crippen molar-refractivity contribution < 1.29 is 9.59 Å². The molecule has 1 heterocycles. The van der Waals surface area contributed by atoms with Crippen molar-refractivity contribution in [2.75, 3.05) is 12.3 Å². The van der Waals surface area contributed by atoms with Gasteiger partial charge in [0.2, 0.25) is 0 Å². The Bertz CT molecular complexity index is 737. The number of carbonyl (C=O) groups is 2. The Hall–Kier alpha value is -2.62. The summed E-state index contributed by atoms with van der Waals surface area (Å²) in [4.78, 5) is 26.0. The zero-order valence-corrected chi connectivity index (χ0v) is 11.8. The SMILES string of the molecule is Cc1ccccc1CCN1C(=O)c2cccc(N)c2C1=O. The Morgan fingerprint density at radius 2 is 1.76 bits per heavy atom. The summed E-state index contributed by atoms with van der Waals surface area (Å²) in [5.41, 5.74) is 9.23. The minimum atomic E-state index is -0.290. The topological polar surface area (TPSA) is 63.4 Å². The minimum Gasteiger partial charge on any atom is -0.398 e. The van der Waals surface area contributed by atoms with Crippen LogP contribution in [-0.4, -0.2) is 23.3 Å². The maximum atomic E-state index is 12.4. The normalized spacial score (nSPS) is 13.7. The molecular weight excluding hydrogens is 264 g/mol. The van der Waals surface area contributed by atoms with Crippen LogP contribution in [0.3, 0.4) is 0 Å². The number of nitrogens with zero attached hydrogens (tertiary/aromatic N) is 1. The molecule has 2 aromatic carbocycles. The van der Waals surface area contributed by atoms with E-state index in [0.717, 1.165) is 11.1 Å². The highest BCUT2D eigenvalue weighted by molar-refractivity contribution is 6.23. The summed E-state index contributed by atoms with van der Waals surface area (Å²) in [5.74, 6) is -0.544. The van der Waals surface area contributed by atoms with Crippen LogP contribution in [0.2, 0.25) is 0 Å². The molecule has 1 aliphatic heterocycles. The standard InChI is InChI=1S/C17H16N2O2/c1-11-5-2-3-6-12(11)9-10-19-16(20)13-7-4-8-14(18)15(13)17(19)21/h2-8H,9-10,18H2,1H3. The maximum absolute atomic E-state index is 12.4. The van der Waals surface area contributed by atoms with Gasteiger partial charge in [-0.15, -0.1) is 0 Å². The van der Waals surface area contributed by atoms with Crippen LogP contribution in [-0.2, 0) is 6.42 Å². The average molecular weight is 280 g/mol. The Morgan fingerprint density at radius 1 is 1.00 bits per heavy atom. The van der Waals surface area contributed by atoms with Crippen LogP contribution in [0.1, 0.15) is 31.8 Å². The zero-order valence-electron chi connectivity index (χ0n) is 11.8. The maximum Gasteiger partial charge on any atom is 0.263 e. The third-order valence-corrected chi connectivity index (χ3v) is 3.90. The van der Waals surface area contributed by atoms with Crippen LogP contribution in [0.25, 0.3) is 0 Å². The van der Waals surface area contributed by atoms with E-state index in [1.165, 1.54) is 4.90 Å². The van der Waals surface area contributed by atoms with Crippen LogP contribution in [0.5, 0.6) is 0 Å². The van der Waals surface area contributed by atoms with Gasteiger partial charge < -0.3 is 5.73 Å². The van der Waals surface area contributed by atoms with Gasteiger partial charge in [-0.3, -0.25) is 14.5 Å². The van der Waals surface area contributed by atoms with Crippen molar-refractivity contribution in [3.05, 3.63) is 64.7 Å². The van der Waals surface area contributed by atoms with Crippen molar-refractivity contribution in [2.24, 2.45) is 0 Å². The lowest BCUT2D eigenvalue weighted by atomic mass is 10.1. The molecule has 3 rings (SSSR count). The van der Waals surface area contributed by atoms with Crippen LogP contribution in [0.4, 0.5) is 5.69 Å². The molecule has 4 heteroatoms. The summed E-state index contributed by atoms with van der Waals surface area (Å²) >= 11 is 0. The van der Waals surface area contributed by atoms with Crippen molar-refractivity contribution in [2.45, 2.75) is 13.3 Å². The molecule has 0 spiro atoms. The molecular formula is C17H16N2O2. The van der Waals surface area contributed by atoms with Crippen molar-refractivity contribution in [1.82, 2.24) is 4.90 Å². The average Bonchev–Trinajstić information content (AvgIpc) is 2.72. The fraction of sp³-hybridized carbons (Fsp3) is 0.176. The molecule has 106 valence electrons. The van der Waals surface area contributed by atoms with E-state index < -0.39 is 0 Å². The second-order valence-electron chi connectivity index (χ2n) is 5.21. The van der Waals surface area contributed by atoms with E-state index in [1.807, 2.05) is 31.2 Å². The smallest absolute Gasteiger partial charge is 0.263 e. The summed E-state index contributed by atoms with van der Waals surface area (Å²) < 4.78 is 0. The van der Waals surface area contributed by atoms with Gasteiger partial charge in [-0.2, -0.15) is 0 Å². The van der Waals surface area contributed by atoms with E-state index in [0.29, 0.717) is 29.8 Å². The van der Waals surface area contributed by atoms with Crippen molar-refractivity contribution in [1.29, 1.82) is 0 Å². The van der Waals surface area contributed by atoms with Crippen molar-refractivity contribution in [3.8, 4) is 0 Å². The number of fused-ring (bicyclic) bond motifs is 1. The fourth-order valence-electron chi connectivity index (χ4n) is 2.69. The van der Waals surface area contributed by atoms with Gasteiger partial charge in [-0.05, 0) is 36.6 Å². The first kappa shape index (κ1) is 13.4. The van der Waals surface area contributed by atoms with E-state index in [2.05, 4.69) is 0 Å². The Morgan fingerprint density at radius 3 is 2.48 bits per heavy atom. The molecule has 1 aliphatic rings. The molecule has 2 N–H and O–H groups in total. The first-order valence-electron chi connectivity index (χ1n) is 6.89. The van der Waals surface area contributed by atoms with Gasteiger partial charge in [0.05, 0.1) is 11.1 Å². The third-order valence-electron chi connectivity index (χ3n) is 3.90. The summed E-state index contributed by atoms with van der Waals surface area (Å²) in [6, 6.07) is 13.0. The highest BCUT2D eigenvalue weighted by Gasteiger charge is 2.36. The lowest BCUT2D eigenvalue weighted by Crippen LogP contribution is -2.32. The van der Waals surface area contributed by atoms with E-state index >= 15 is 0 Å². The largest absolute Gasteiger partial charge is 0.398 e. The number of benzene rings is 2. The number of hydrogen-bond acceptors (Lipinski definition) is 3. The summed E-state index contributed by atoms with van der Waals surface area (Å²) in [7, 11) is 0. The lowest BCUT2D eigenvalue weighted by Gasteiger charge is -2.14. The number of carbonyl (C=O) groups excluding carboxylic acids is 2. The van der Waals surface area contributed by atoms with Crippen LogP contribution >= 0.6 is 0 Å².